The van der Waals surface area contributed by atoms with Gasteiger partial charge in [-0.1, -0.05) is 121 Å². The molecule has 242 valence electrons. The van der Waals surface area contributed by atoms with Crippen LogP contribution in [-0.4, -0.2) is 36.5 Å². The summed E-state index contributed by atoms with van der Waals surface area (Å²) in [4.78, 5) is 53.0. The number of esters is 1. The zero-order valence-corrected chi connectivity index (χ0v) is 27.0. The van der Waals surface area contributed by atoms with E-state index in [-0.39, 0.29) is 17.9 Å². The second-order valence-corrected chi connectivity index (χ2v) is 11.3. The third-order valence-corrected chi connectivity index (χ3v) is 7.57. The summed E-state index contributed by atoms with van der Waals surface area (Å²) in [5, 5.41) is 5.49. The van der Waals surface area contributed by atoms with Gasteiger partial charge in [-0.3, -0.25) is 19.2 Å². The highest BCUT2D eigenvalue weighted by Gasteiger charge is 2.51. The highest BCUT2D eigenvalue weighted by Crippen LogP contribution is 2.25. The minimum absolute atomic E-state index is 0.0513. The molecule has 1 atom stereocenters. The Labute approximate surface area is 263 Å². The monoisotopic (exact) mass is 608 g/mol. The Morgan fingerprint density at radius 3 is 1.77 bits per heavy atom. The van der Waals surface area contributed by atoms with E-state index in [2.05, 4.69) is 24.5 Å². The van der Waals surface area contributed by atoms with Crippen LogP contribution in [0.1, 0.15) is 127 Å². The van der Waals surface area contributed by atoms with Gasteiger partial charge in [0.25, 0.3) is 0 Å². The maximum absolute atomic E-state index is 13.9. The number of benzene rings is 2. The number of hydrogen-bond acceptors (Lipinski definition) is 6. The molecule has 8 heteroatoms. The summed E-state index contributed by atoms with van der Waals surface area (Å²) in [6.45, 7) is 4.32. The van der Waals surface area contributed by atoms with Crippen molar-refractivity contribution in [3.05, 3.63) is 60.2 Å². The van der Waals surface area contributed by atoms with Crippen LogP contribution in [-0.2, 0) is 23.9 Å². The molecule has 0 heterocycles. The second kappa shape index (κ2) is 21.2. The molecule has 0 spiro atoms. The number of amides is 2. The van der Waals surface area contributed by atoms with E-state index < -0.39 is 23.4 Å². The van der Waals surface area contributed by atoms with Crippen LogP contribution < -0.4 is 10.6 Å². The molecule has 2 N–H and O–H groups in total. The van der Waals surface area contributed by atoms with Crippen molar-refractivity contribution in [3.63, 3.8) is 0 Å². The van der Waals surface area contributed by atoms with Gasteiger partial charge in [-0.15, -0.1) is 0 Å². The average Bonchev–Trinajstić information content (AvgIpc) is 3.03. The fourth-order valence-electron chi connectivity index (χ4n) is 4.99. The fraction of sp³-hybridized carbons (Fsp3) is 0.556. The van der Waals surface area contributed by atoms with Gasteiger partial charge in [-0.25, -0.2) is 0 Å². The Hall–Kier alpha value is -3.52. The number of methoxy groups -OCH3 is 1. The Balaban J connectivity index is 2.08. The first-order valence-corrected chi connectivity index (χ1v) is 16.4. The highest BCUT2D eigenvalue weighted by atomic mass is 16.7. The molecule has 0 fully saturated rings. The van der Waals surface area contributed by atoms with Crippen LogP contribution in [0.15, 0.2) is 54.6 Å². The first-order chi connectivity index (χ1) is 21.4. The molecule has 0 saturated heterocycles. The van der Waals surface area contributed by atoms with Crippen molar-refractivity contribution in [1.82, 2.24) is 0 Å². The van der Waals surface area contributed by atoms with E-state index in [1.165, 1.54) is 50.7 Å². The highest BCUT2D eigenvalue weighted by molar-refractivity contribution is 6.20. The molecular formula is C36H52N2O6. The first kappa shape index (κ1) is 36.7. The van der Waals surface area contributed by atoms with Crippen LogP contribution in [0, 0.1) is 0 Å². The number of hydrogen-bond donors (Lipinski definition) is 2. The van der Waals surface area contributed by atoms with Crippen molar-refractivity contribution in [2.45, 2.75) is 122 Å². The number of ether oxygens (including phenoxy) is 2. The summed E-state index contributed by atoms with van der Waals surface area (Å²) in [5.74, 6) is -5.16. The van der Waals surface area contributed by atoms with Crippen molar-refractivity contribution in [2.75, 3.05) is 17.7 Å². The summed E-state index contributed by atoms with van der Waals surface area (Å²) in [6, 6.07) is 14.8. The minimum Gasteiger partial charge on any atom is -0.416 e. The Morgan fingerprint density at radius 2 is 1.18 bits per heavy atom. The number of anilines is 2. The van der Waals surface area contributed by atoms with Gasteiger partial charge in [0.15, 0.2) is 0 Å². The number of unbranched alkanes of at least 4 members (excludes halogenated alkanes) is 12. The Morgan fingerprint density at radius 1 is 0.636 bits per heavy atom. The van der Waals surface area contributed by atoms with Gasteiger partial charge in [0, 0.05) is 36.9 Å². The maximum Gasteiger partial charge on any atom is 0.359 e. The number of carbonyl (C=O) groups is 4. The van der Waals surface area contributed by atoms with Crippen LogP contribution in [0.4, 0.5) is 11.4 Å². The largest absolute Gasteiger partial charge is 0.416 e. The molecule has 0 saturated carbocycles. The lowest BCUT2D eigenvalue weighted by atomic mass is 10.0. The molecule has 8 nitrogen and oxygen atoms in total. The molecule has 1 unspecified atom stereocenters. The zero-order chi connectivity index (χ0) is 32.0. The normalized spacial score (nSPS) is 12.2. The maximum atomic E-state index is 13.9. The van der Waals surface area contributed by atoms with Gasteiger partial charge in [-0.2, -0.15) is 0 Å². The van der Waals surface area contributed by atoms with Crippen molar-refractivity contribution in [3.8, 4) is 0 Å². The van der Waals surface area contributed by atoms with Crippen LogP contribution in [0.3, 0.4) is 0 Å². The van der Waals surface area contributed by atoms with Gasteiger partial charge < -0.3 is 20.1 Å². The van der Waals surface area contributed by atoms with E-state index in [0.29, 0.717) is 24.2 Å². The van der Waals surface area contributed by atoms with Crippen molar-refractivity contribution < 1.29 is 28.7 Å². The van der Waals surface area contributed by atoms with Crippen LogP contribution in [0.25, 0.3) is 0 Å². The summed E-state index contributed by atoms with van der Waals surface area (Å²) >= 11 is 0. The molecule has 44 heavy (non-hydrogen) atoms. The molecule has 0 radical (unpaired) electrons. The topological polar surface area (TPSA) is 111 Å². The van der Waals surface area contributed by atoms with E-state index in [1.54, 1.807) is 42.5 Å². The third-order valence-electron chi connectivity index (χ3n) is 7.57. The first-order valence-electron chi connectivity index (χ1n) is 16.4. The van der Waals surface area contributed by atoms with E-state index in [1.807, 2.05) is 0 Å². The standard InChI is InChI=1S/C36H52N2O6/c1-4-6-8-10-11-12-13-15-19-26-32(39)37-31-25-21-22-29(28-31)34(41)36(43-3,35(42)38-30-23-17-16-18-24-30)44-33(40)27-20-14-9-7-5-2/h16-18,21-25,28H,4-15,19-20,26-27H2,1-3H3,(H,37,39)(H,38,42). The van der Waals surface area contributed by atoms with Crippen molar-refractivity contribution >= 4 is 34.9 Å². The molecule has 0 bridgehead atoms. The number of ketones is 1. The Bertz CT molecular complexity index is 1150. The molecule has 2 aromatic rings. The predicted molar refractivity (Wildman–Crippen MR) is 176 cm³/mol. The van der Waals surface area contributed by atoms with Crippen molar-refractivity contribution in [1.29, 1.82) is 0 Å². The van der Waals surface area contributed by atoms with E-state index in [4.69, 9.17) is 9.47 Å². The van der Waals surface area contributed by atoms with Crippen LogP contribution >= 0.6 is 0 Å². The molecule has 2 aromatic carbocycles. The van der Waals surface area contributed by atoms with Gasteiger partial charge in [0.05, 0.1) is 0 Å². The van der Waals surface area contributed by atoms with Gasteiger partial charge >= 0.3 is 17.7 Å². The number of para-hydroxylation sites is 1. The van der Waals surface area contributed by atoms with Crippen LogP contribution in [0.2, 0.25) is 0 Å². The molecular weight excluding hydrogens is 556 g/mol. The zero-order valence-electron chi connectivity index (χ0n) is 27.0. The molecule has 0 aromatic heterocycles. The number of rotatable bonds is 23. The summed E-state index contributed by atoms with van der Waals surface area (Å²) < 4.78 is 11.0. The fourth-order valence-corrected chi connectivity index (χ4v) is 4.99. The smallest absolute Gasteiger partial charge is 0.359 e. The lowest BCUT2D eigenvalue weighted by Crippen LogP contribution is -2.54. The predicted octanol–water partition coefficient (Wildman–Crippen LogP) is 8.61. The van der Waals surface area contributed by atoms with Gasteiger partial charge in [-0.05, 0) is 37.1 Å². The van der Waals surface area contributed by atoms with E-state index >= 15 is 0 Å². The molecule has 0 aliphatic carbocycles. The number of carbonyl (C=O) groups excluding carboxylic acids is 4. The molecule has 2 rings (SSSR count). The molecule has 0 aliphatic heterocycles. The Kier molecular flexibility index (Phi) is 17.7. The molecule has 0 aliphatic rings. The lowest BCUT2D eigenvalue weighted by molar-refractivity contribution is -0.200. The van der Waals surface area contributed by atoms with E-state index in [0.717, 1.165) is 52.1 Å². The third kappa shape index (κ3) is 13.0. The summed E-state index contributed by atoms with van der Waals surface area (Å²) in [6.07, 6.45) is 15.4. The number of nitrogens with one attached hydrogen (secondary N) is 2. The summed E-state index contributed by atoms with van der Waals surface area (Å²) in [5.41, 5.74) is 0.888. The number of Topliss-reactive ketones (excluding diaryl/α,β-unsaturated/α-hetero) is 1. The average molecular weight is 609 g/mol. The van der Waals surface area contributed by atoms with Crippen LogP contribution in [0.5, 0.6) is 0 Å². The lowest BCUT2D eigenvalue weighted by Gasteiger charge is -2.29. The van der Waals surface area contributed by atoms with E-state index in [9.17, 15) is 19.2 Å². The molecule has 2 amide bonds. The summed E-state index contributed by atoms with van der Waals surface area (Å²) in [7, 11) is 1.16. The quantitative estimate of drug-likeness (QED) is 0.0430. The van der Waals surface area contributed by atoms with Crippen molar-refractivity contribution in [2.24, 2.45) is 0 Å². The SMILES string of the molecule is CCCCCCCCCCCC(=O)Nc1cccc(C(=O)C(OC)(OC(=O)CCCCCCC)C(=O)Nc2ccccc2)c1. The van der Waals surface area contributed by atoms with Gasteiger partial charge in [0.1, 0.15) is 0 Å². The van der Waals surface area contributed by atoms with Gasteiger partial charge in [0.2, 0.25) is 11.7 Å². The second-order valence-electron chi connectivity index (χ2n) is 11.3. The minimum atomic E-state index is -2.55.